The molecule has 0 aromatic heterocycles. The normalized spacial score (nSPS) is 22.9. The van der Waals surface area contributed by atoms with Gasteiger partial charge in [-0.3, -0.25) is 4.79 Å². The highest BCUT2D eigenvalue weighted by atomic mass is 19.4. The van der Waals surface area contributed by atoms with E-state index in [9.17, 15) is 18.0 Å². The summed E-state index contributed by atoms with van der Waals surface area (Å²) in [7, 11) is 0. The Bertz CT molecular complexity index is 530. The first kappa shape index (κ1) is 16.8. The van der Waals surface area contributed by atoms with Gasteiger partial charge in [0.1, 0.15) is 0 Å². The van der Waals surface area contributed by atoms with E-state index < -0.39 is 24.0 Å². The molecule has 0 aliphatic carbocycles. The third-order valence-corrected chi connectivity index (χ3v) is 4.31. The summed E-state index contributed by atoms with van der Waals surface area (Å²) in [5, 5.41) is 8.98. The van der Waals surface area contributed by atoms with E-state index in [4.69, 9.17) is 5.11 Å². The lowest BCUT2D eigenvalue weighted by Crippen LogP contribution is -2.33. The summed E-state index contributed by atoms with van der Waals surface area (Å²) >= 11 is 0. The Labute approximate surface area is 127 Å². The predicted octanol–water partition coefficient (Wildman–Crippen LogP) is 3.12. The van der Waals surface area contributed by atoms with Crippen LogP contribution >= 0.6 is 0 Å². The summed E-state index contributed by atoms with van der Waals surface area (Å²) in [5.74, 6) is -4.47. The number of benzene rings is 1. The van der Waals surface area contributed by atoms with Gasteiger partial charge in [0.25, 0.3) is 0 Å². The molecule has 0 spiro atoms. The molecule has 1 heterocycles. The number of nitrogens with zero attached hydrogens (tertiary/aromatic N) is 1. The predicted molar refractivity (Wildman–Crippen MR) is 76.6 cm³/mol. The molecule has 1 fully saturated rings. The van der Waals surface area contributed by atoms with Crippen molar-refractivity contribution in [2.45, 2.75) is 25.9 Å². The van der Waals surface area contributed by atoms with Crippen LogP contribution < -0.4 is 0 Å². The number of hydrogen-bond donors (Lipinski definition) is 1. The molecule has 2 rings (SSSR count). The zero-order valence-electron chi connectivity index (χ0n) is 12.4. The van der Waals surface area contributed by atoms with Crippen molar-refractivity contribution in [1.29, 1.82) is 0 Å². The quantitative estimate of drug-likeness (QED) is 0.907. The van der Waals surface area contributed by atoms with Gasteiger partial charge in [-0.25, -0.2) is 0 Å². The lowest BCUT2D eigenvalue weighted by Gasteiger charge is -2.18. The second kappa shape index (κ2) is 6.69. The number of hydrogen-bond acceptors (Lipinski definition) is 2. The first-order valence-corrected chi connectivity index (χ1v) is 7.35. The number of likely N-dealkylation sites (tertiary alicyclic amines) is 1. The Balaban J connectivity index is 1.89. The monoisotopic (exact) mass is 315 g/mol. The topological polar surface area (TPSA) is 40.5 Å². The maximum atomic E-state index is 12.9. The van der Waals surface area contributed by atoms with Gasteiger partial charge in [-0.15, -0.1) is 0 Å². The number of carboxylic acids is 1. The molecule has 0 radical (unpaired) electrons. The maximum Gasteiger partial charge on any atom is 0.393 e. The third kappa shape index (κ3) is 4.00. The van der Waals surface area contributed by atoms with Gasteiger partial charge in [-0.1, -0.05) is 24.3 Å². The molecule has 6 heteroatoms. The maximum absolute atomic E-state index is 12.9. The number of halogens is 3. The molecule has 1 aromatic rings. The molecule has 2 atom stereocenters. The van der Waals surface area contributed by atoms with Crippen molar-refractivity contribution in [2.75, 3.05) is 19.6 Å². The molecule has 0 saturated carbocycles. The van der Waals surface area contributed by atoms with Crippen LogP contribution in [0.4, 0.5) is 13.2 Å². The van der Waals surface area contributed by atoms with Crippen molar-refractivity contribution in [3.63, 3.8) is 0 Å². The van der Waals surface area contributed by atoms with Crippen LogP contribution in [0.15, 0.2) is 24.3 Å². The summed E-state index contributed by atoms with van der Waals surface area (Å²) in [6.07, 6.45) is -2.94. The van der Waals surface area contributed by atoms with Crippen molar-refractivity contribution in [2.24, 2.45) is 11.8 Å². The van der Waals surface area contributed by atoms with Crippen LogP contribution in [0.1, 0.15) is 17.5 Å². The van der Waals surface area contributed by atoms with Crippen LogP contribution in [0.2, 0.25) is 0 Å². The Morgan fingerprint density at radius 1 is 1.32 bits per heavy atom. The van der Waals surface area contributed by atoms with Gasteiger partial charge in [-0.2, -0.15) is 13.2 Å². The molecule has 3 nitrogen and oxygen atoms in total. The van der Waals surface area contributed by atoms with Crippen LogP contribution in [-0.2, 0) is 11.2 Å². The first-order chi connectivity index (χ1) is 10.3. The van der Waals surface area contributed by atoms with Crippen LogP contribution in [0.5, 0.6) is 0 Å². The van der Waals surface area contributed by atoms with E-state index in [-0.39, 0.29) is 13.1 Å². The summed E-state index contributed by atoms with van der Waals surface area (Å²) < 4.78 is 38.7. The van der Waals surface area contributed by atoms with Gasteiger partial charge in [-0.05, 0) is 37.4 Å². The molecule has 1 saturated heterocycles. The highest BCUT2D eigenvalue weighted by Gasteiger charge is 2.52. The number of aliphatic carboxylic acids is 1. The van der Waals surface area contributed by atoms with E-state index in [0.717, 1.165) is 12.8 Å². The van der Waals surface area contributed by atoms with Crippen molar-refractivity contribution < 1.29 is 23.1 Å². The van der Waals surface area contributed by atoms with Gasteiger partial charge in [0.2, 0.25) is 0 Å². The molecule has 1 aromatic carbocycles. The van der Waals surface area contributed by atoms with E-state index in [1.54, 1.807) is 4.90 Å². The van der Waals surface area contributed by atoms with Crippen molar-refractivity contribution in [1.82, 2.24) is 4.90 Å². The summed E-state index contributed by atoms with van der Waals surface area (Å²) in [6.45, 7) is 2.26. The van der Waals surface area contributed by atoms with E-state index in [1.807, 2.05) is 31.2 Å². The average molecular weight is 315 g/mol. The van der Waals surface area contributed by atoms with E-state index in [1.165, 1.54) is 11.1 Å². The minimum absolute atomic E-state index is 0.0206. The van der Waals surface area contributed by atoms with Gasteiger partial charge in [0, 0.05) is 13.1 Å². The fraction of sp³-hybridized carbons (Fsp3) is 0.562. The lowest BCUT2D eigenvalue weighted by molar-refractivity contribution is -0.188. The minimum atomic E-state index is -4.45. The molecule has 1 N–H and O–H groups in total. The number of aryl methyl sites for hydroxylation is 2. The first-order valence-electron chi connectivity index (χ1n) is 7.35. The fourth-order valence-electron chi connectivity index (χ4n) is 3.03. The summed E-state index contributed by atoms with van der Waals surface area (Å²) in [4.78, 5) is 12.6. The molecule has 0 amide bonds. The highest BCUT2D eigenvalue weighted by molar-refractivity contribution is 5.71. The Hall–Kier alpha value is -1.56. The van der Waals surface area contributed by atoms with Crippen molar-refractivity contribution in [3.05, 3.63) is 35.4 Å². The Kier molecular flexibility index (Phi) is 5.11. The Morgan fingerprint density at radius 3 is 2.55 bits per heavy atom. The van der Waals surface area contributed by atoms with Crippen LogP contribution in [-0.4, -0.2) is 41.8 Å². The number of carboxylic acid groups (broad SMARTS) is 1. The second-order valence-corrected chi connectivity index (χ2v) is 5.88. The summed E-state index contributed by atoms with van der Waals surface area (Å²) in [6, 6.07) is 7.91. The fourth-order valence-corrected chi connectivity index (χ4v) is 3.03. The van der Waals surface area contributed by atoms with Crippen LogP contribution in [0.25, 0.3) is 0 Å². The third-order valence-electron chi connectivity index (χ3n) is 4.31. The number of carbonyl (C=O) groups is 1. The summed E-state index contributed by atoms with van der Waals surface area (Å²) in [5.41, 5.74) is 2.35. The van der Waals surface area contributed by atoms with Gasteiger partial charge in [0.15, 0.2) is 0 Å². The van der Waals surface area contributed by atoms with Crippen molar-refractivity contribution in [3.8, 4) is 0 Å². The molecule has 1 aliphatic heterocycles. The molecule has 1 aliphatic rings. The molecule has 22 heavy (non-hydrogen) atoms. The largest absolute Gasteiger partial charge is 0.481 e. The van der Waals surface area contributed by atoms with Crippen LogP contribution in [0, 0.1) is 18.8 Å². The Morgan fingerprint density at radius 2 is 2.00 bits per heavy atom. The molecular formula is C16H20F3NO2. The van der Waals surface area contributed by atoms with E-state index >= 15 is 0 Å². The van der Waals surface area contributed by atoms with E-state index in [2.05, 4.69) is 0 Å². The standard InChI is InChI=1S/C16H20F3NO2/c1-11-5-2-3-6-12(11)7-4-8-20-9-13(15(21)22)14(10-20)16(17,18)19/h2-3,5-6,13-14H,4,7-10H2,1H3,(H,21,22)/t13-,14-/m1/s1. The second-order valence-electron chi connectivity index (χ2n) is 5.88. The van der Waals surface area contributed by atoms with Gasteiger partial charge < -0.3 is 10.0 Å². The molecule has 0 bridgehead atoms. The van der Waals surface area contributed by atoms with Gasteiger partial charge in [0.05, 0.1) is 11.8 Å². The molecule has 122 valence electrons. The zero-order valence-corrected chi connectivity index (χ0v) is 12.4. The minimum Gasteiger partial charge on any atom is -0.481 e. The SMILES string of the molecule is Cc1ccccc1CCCN1C[C@@H](C(F)(F)F)[C@H](C(=O)O)C1. The molecule has 0 unspecified atom stereocenters. The highest BCUT2D eigenvalue weighted by Crippen LogP contribution is 2.37. The van der Waals surface area contributed by atoms with Crippen molar-refractivity contribution >= 4 is 5.97 Å². The van der Waals surface area contributed by atoms with Gasteiger partial charge >= 0.3 is 12.1 Å². The number of alkyl halides is 3. The lowest BCUT2D eigenvalue weighted by atomic mass is 9.96. The van der Waals surface area contributed by atoms with Crippen LogP contribution in [0.3, 0.4) is 0 Å². The number of rotatable bonds is 5. The average Bonchev–Trinajstić information content (AvgIpc) is 2.85. The smallest absolute Gasteiger partial charge is 0.393 e. The zero-order chi connectivity index (χ0) is 16.3. The molecular weight excluding hydrogens is 295 g/mol. The van der Waals surface area contributed by atoms with E-state index in [0.29, 0.717) is 6.54 Å².